The van der Waals surface area contributed by atoms with Crippen molar-refractivity contribution in [1.29, 1.82) is 0 Å². The van der Waals surface area contributed by atoms with E-state index in [2.05, 4.69) is 42.2 Å². The van der Waals surface area contributed by atoms with Crippen LogP contribution in [0.15, 0.2) is 59.4 Å². The van der Waals surface area contributed by atoms with E-state index in [1.54, 1.807) is 6.20 Å². The Morgan fingerprint density at radius 3 is 2.45 bits per heavy atom. The minimum atomic E-state index is 0.390. The van der Waals surface area contributed by atoms with E-state index in [0.717, 1.165) is 28.1 Å². The first-order chi connectivity index (χ1) is 9.75. The first-order valence-electron chi connectivity index (χ1n) is 6.72. The Hall–Kier alpha value is -2.42. The Balaban J connectivity index is 2.20. The van der Waals surface area contributed by atoms with Crippen LogP contribution in [0.1, 0.15) is 25.5 Å². The molecule has 1 aromatic carbocycles. The van der Waals surface area contributed by atoms with Crippen LogP contribution < -0.4 is 0 Å². The zero-order chi connectivity index (χ0) is 13.9. The number of nitrogens with zero attached hydrogens (tertiary/aromatic N) is 2. The molecule has 0 spiro atoms. The maximum absolute atomic E-state index is 5.29. The Bertz CT molecular complexity index is 688. The van der Waals surface area contributed by atoms with Gasteiger partial charge in [-0.3, -0.25) is 4.98 Å². The lowest BCUT2D eigenvalue weighted by Crippen LogP contribution is -1.95. The van der Waals surface area contributed by atoms with Crippen LogP contribution >= 0.6 is 0 Å². The fourth-order valence-corrected chi connectivity index (χ4v) is 2.19. The Morgan fingerprint density at radius 1 is 1.00 bits per heavy atom. The normalized spacial score (nSPS) is 10.9. The highest BCUT2D eigenvalue weighted by molar-refractivity contribution is 5.80. The summed E-state index contributed by atoms with van der Waals surface area (Å²) in [5.41, 5.74) is 4.33. The zero-order valence-electron chi connectivity index (χ0n) is 11.6. The molecule has 0 aliphatic heterocycles. The number of hydrogen-bond acceptors (Lipinski definition) is 3. The molecule has 3 rings (SSSR count). The van der Waals surface area contributed by atoms with Crippen molar-refractivity contribution >= 4 is 0 Å². The zero-order valence-corrected chi connectivity index (χ0v) is 11.6. The van der Waals surface area contributed by atoms with Gasteiger partial charge in [0, 0.05) is 23.5 Å². The van der Waals surface area contributed by atoms with Crippen LogP contribution in [0.3, 0.4) is 0 Å². The topological polar surface area (TPSA) is 38.9 Å². The predicted molar refractivity (Wildman–Crippen MR) is 79.3 cm³/mol. The Labute approximate surface area is 118 Å². The van der Waals surface area contributed by atoms with E-state index in [1.165, 1.54) is 0 Å². The standard InChI is InChI=1S/C17H16N2O/c1-12(2)16-10-14(13-6-4-3-5-7-13)15(11-18-16)17-8-9-19-20-17/h3-12H,1-2H3. The molecular weight excluding hydrogens is 248 g/mol. The van der Waals surface area contributed by atoms with Gasteiger partial charge in [0.25, 0.3) is 0 Å². The van der Waals surface area contributed by atoms with Crippen LogP contribution in [-0.2, 0) is 0 Å². The summed E-state index contributed by atoms with van der Waals surface area (Å²) >= 11 is 0. The molecule has 0 bridgehead atoms. The Morgan fingerprint density at radius 2 is 1.80 bits per heavy atom. The predicted octanol–water partition coefficient (Wildman–Crippen LogP) is 4.53. The van der Waals surface area contributed by atoms with Crippen molar-refractivity contribution in [3.63, 3.8) is 0 Å². The van der Waals surface area contributed by atoms with Crippen molar-refractivity contribution in [3.05, 3.63) is 60.6 Å². The van der Waals surface area contributed by atoms with Crippen LogP contribution in [-0.4, -0.2) is 10.1 Å². The number of hydrogen-bond donors (Lipinski definition) is 0. The highest BCUT2D eigenvalue weighted by Gasteiger charge is 2.13. The minimum Gasteiger partial charge on any atom is -0.356 e. The third-order valence-corrected chi connectivity index (χ3v) is 3.30. The molecule has 0 unspecified atom stereocenters. The van der Waals surface area contributed by atoms with Crippen LogP contribution in [0.5, 0.6) is 0 Å². The second-order valence-corrected chi connectivity index (χ2v) is 5.05. The molecular formula is C17H16N2O. The molecule has 100 valence electrons. The molecule has 0 radical (unpaired) electrons. The van der Waals surface area contributed by atoms with Gasteiger partial charge >= 0.3 is 0 Å². The van der Waals surface area contributed by atoms with E-state index in [0.29, 0.717) is 5.92 Å². The average Bonchev–Trinajstić information content (AvgIpc) is 3.01. The highest BCUT2D eigenvalue weighted by Crippen LogP contribution is 2.33. The molecule has 2 aromatic heterocycles. The van der Waals surface area contributed by atoms with Crippen molar-refractivity contribution in [3.8, 4) is 22.5 Å². The maximum atomic E-state index is 5.29. The summed E-state index contributed by atoms with van der Waals surface area (Å²) in [5, 5.41) is 3.79. The van der Waals surface area contributed by atoms with Gasteiger partial charge in [-0.25, -0.2) is 0 Å². The number of benzene rings is 1. The largest absolute Gasteiger partial charge is 0.356 e. The summed E-state index contributed by atoms with van der Waals surface area (Å²) in [6, 6.07) is 14.3. The molecule has 2 heterocycles. The SMILES string of the molecule is CC(C)c1cc(-c2ccccc2)c(-c2ccno2)cn1. The molecule has 3 aromatic rings. The molecule has 0 saturated heterocycles. The van der Waals surface area contributed by atoms with Gasteiger partial charge in [0.1, 0.15) is 0 Å². The average molecular weight is 264 g/mol. The van der Waals surface area contributed by atoms with Gasteiger partial charge < -0.3 is 4.52 Å². The van der Waals surface area contributed by atoms with Crippen LogP contribution in [0.4, 0.5) is 0 Å². The molecule has 0 aliphatic rings. The van der Waals surface area contributed by atoms with E-state index in [9.17, 15) is 0 Å². The number of pyridine rings is 1. The van der Waals surface area contributed by atoms with Gasteiger partial charge in [0.05, 0.1) is 6.20 Å². The minimum absolute atomic E-state index is 0.390. The molecule has 0 saturated carbocycles. The van der Waals surface area contributed by atoms with E-state index in [4.69, 9.17) is 4.52 Å². The molecule has 0 atom stereocenters. The van der Waals surface area contributed by atoms with Gasteiger partial charge in [-0.2, -0.15) is 0 Å². The van der Waals surface area contributed by atoms with Gasteiger partial charge in [0.15, 0.2) is 5.76 Å². The van der Waals surface area contributed by atoms with E-state index in [1.807, 2.05) is 30.5 Å². The third kappa shape index (κ3) is 2.35. The van der Waals surface area contributed by atoms with Crippen molar-refractivity contribution in [1.82, 2.24) is 10.1 Å². The van der Waals surface area contributed by atoms with E-state index >= 15 is 0 Å². The molecule has 0 N–H and O–H groups in total. The molecule has 0 fully saturated rings. The number of aromatic nitrogens is 2. The molecule has 3 heteroatoms. The smallest absolute Gasteiger partial charge is 0.168 e. The molecule has 0 aliphatic carbocycles. The molecule has 20 heavy (non-hydrogen) atoms. The van der Waals surface area contributed by atoms with Crippen molar-refractivity contribution in [2.24, 2.45) is 0 Å². The second kappa shape index (κ2) is 5.29. The van der Waals surface area contributed by atoms with E-state index < -0.39 is 0 Å². The van der Waals surface area contributed by atoms with Crippen LogP contribution in [0.2, 0.25) is 0 Å². The van der Waals surface area contributed by atoms with Gasteiger partial charge in [-0.05, 0) is 23.1 Å². The Kier molecular flexibility index (Phi) is 3.33. The summed E-state index contributed by atoms with van der Waals surface area (Å²) in [5.74, 6) is 1.13. The number of rotatable bonds is 3. The fourth-order valence-electron chi connectivity index (χ4n) is 2.19. The van der Waals surface area contributed by atoms with E-state index in [-0.39, 0.29) is 0 Å². The summed E-state index contributed by atoms with van der Waals surface area (Å²) in [7, 11) is 0. The van der Waals surface area contributed by atoms with Crippen molar-refractivity contribution in [2.45, 2.75) is 19.8 Å². The first kappa shape index (κ1) is 12.6. The summed E-state index contributed by atoms with van der Waals surface area (Å²) in [4.78, 5) is 4.53. The summed E-state index contributed by atoms with van der Waals surface area (Å²) in [6.07, 6.45) is 3.53. The first-order valence-corrected chi connectivity index (χ1v) is 6.72. The lowest BCUT2D eigenvalue weighted by atomic mass is 9.97. The molecule has 0 amide bonds. The lowest BCUT2D eigenvalue weighted by Gasteiger charge is -2.11. The van der Waals surface area contributed by atoms with Crippen molar-refractivity contribution in [2.75, 3.05) is 0 Å². The summed E-state index contributed by atoms with van der Waals surface area (Å²) < 4.78 is 5.29. The lowest BCUT2D eigenvalue weighted by molar-refractivity contribution is 0.432. The fraction of sp³-hybridized carbons (Fsp3) is 0.176. The monoisotopic (exact) mass is 264 g/mol. The highest BCUT2D eigenvalue weighted by atomic mass is 16.5. The third-order valence-electron chi connectivity index (χ3n) is 3.30. The maximum Gasteiger partial charge on any atom is 0.168 e. The molecule has 3 nitrogen and oxygen atoms in total. The van der Waals surface area contributed by atoms with Gasteiger partial charge in [-0.15, -0.1) is 0 Å². The van der Waals surface area contributed by atoms with Gasteiger partial charge in [0.2, 0.25) is 0 Å². The van der Waals surface area contributed by atoms with Crippen molar-refractivity contribution < 1.29 is 4.52 Å². The quantitative estimate of drug-likeness (QED) is 0.697. The van der Waals surface area contributed by atoms with Crippen LogP contribution in [0, 0.1) is 0 Å². The summed E-state index contributed by atoms with van der Waals surface area (Å²) in [6.45, 7) is 4.29. The van der Waals surface area contributed by atoms with Gasteiger partial charge in [-0.1, -0.05) is 49.3 Å². The second-order valence-electron chi connectivity index (χ2n) is 5.05. The van der Waals surface area contributed by atoms with Crippen LogP contribution in [0.25, 0.3) is 22.5 Å².